The van der Waals surface area contributed by atoms with Crippen molar-refractivity contribution in [1.29, 1.82) is 0 Å². The molecule has 0 amide bonds. The van der Waals surface area contributed by atoms with Crippen LogP contribution < -0.4 is 0 Å². The maximum absolute atomic E-state index is 14.1. The highest BCUT2D eigenvalue weighted by molar-refractivity contribution is 5.27. The summed E-state index contributed by atoms with van der Waals surface area (Å²) in [4.78, 5) is 0. The van der Waals surface area contributed by atoms with Gasteiger partial charge in [-0.25, -0.2) is 8.78 Å². The standard InChI is InChI=1S/C18H20F12/c1-7-9-5-10-11(7)13(10,8(9)2)3-4-14(21,22)18(29,30)16(25,26)6-15(23,24)17(27,28)12(19)20/h7-12H,3-6H2,1-2H3. The molecule has 4 fully saturated rings. The van der Waals surface area contributed by atoms with Crippen molar-refractivity contribution in [3.63, 3.8) is 0 Å². The topological polar surface area (TPSA) is 0 Å². The molecule has 0 spiro atoms. The third kappa shape index (κ3) is 2.82. The summed E-state index contributed by atoms with van der Waals surface area (Å²) >= 11 is 0. The molecule has 0 saturated heterocycles. The molecule has 0 N–H and O–H groups in total. The summed E-state index contributed by atoms with van der Waals surface area (Å²) < 4.78 is 160. The number of rotatable bonds is 9. The van der Waals surface area contributed by atoms with Gasteiger partial charge in [0.15, 0.2) is 0 Å². The van der Waals surface area contributed by atoms with Gasteiger partial charge in [-0.3, -0.25) is 0 Å². The highest BCUT2D eigenvalue weighted by atomic mass is 19.4. The summed E-state index contributed by atoms with van der Waals surface area (Å²) in [5, 5.41) is 0. The van der Waals surface area contributed by atoms with Crippen LogP contribution in [0.25, 0.3) is 0 Å². The Morgan fingerprint density at radius 2 is 1.37 bits per heavy atom. The molecule has 30 heavy (non-hydrogen) atoms. The Kier molecular flexibility index (Phi) is 5.05. The van der Waals surface area contributed by atoms with E-state index < -0.39 is 60.7 Å². The van der Waals surface area contributed by atoms with Gasteiger partial charge in [-0.1, -0.05) is 13.8 Å². The molecule has 176 valence electrons. The van der Waals surface area contributed by atoms with Crippen molar-refractivity contribution in [1.82, 2.24) is 0 Å². The van der Waals surface area contributed by atoms with Crippen LogP contribution in [0.15, 0.2) is 0 Å². The van der Waals surface area contributed by atoms with E-state index in [1.807, 2.05) is 6.92 Å². The van der Waals surface area contributed by atoms with Crippen molar-refractivity contribution >= 4 is 0 Å². The first kappa shape index (κ1) is 23.8. The summed E-state index contributed by atoms with van der Waals surface area (Å²) in [5.74, 6) is -30.7. The fourth-order valence-corrected chi connectivity index (χ4v) is 6.31. The van der Waals surface area contributed by atoms with Crippen molar-refractivity contribution < 1.29 is 52.7 Å². The zero-order chi connectivity index (χ0) is 23.3. The molecule has 0 aromatic rings. The van der Waals surface area contributed by atoms with Gasteiger partial charge in [0.05, 0.1) is 6.42 Å². The van der Waals surface area contributed by atoms with Gasteiger partial charge in [0, 0.05) is 6.42 Å². The molecule has 0 heterocycles. The minimum Gasteiger partial charge on any atom is -0.203 e. The molecule has 4 rings (SSSR count). The normalized spacial score (nSPS) is 36.7. The first-order valence-corrected chi connectivity index (χ1v) is 9.45. The van der Waals surface area contributed by atoms with Gasteiger partial charge in [-0.2, -0.15) is 43.9 Å². The van der Waals surface area contributed by atoms with E-state index in [2.05, 4.69) is 0 Å². The van der Waals surface area contributed by atoms with E-state index in [1.165, 1.54) is 0 Å². The van der Waals surface area contributed by atoms with E-state index in [0.717, 1.165) is 6.42 Å². The first-order chi connectivity index (χ1) is 13.3. The third-order valence-electron chi connectivity index (χ3n) is 7.89. The summed E-state index contributed by atoms with van der Waals surface area (Å²) in [5.41, 5.74) is -0.689. The molecule has 6 unspecified atom stereocenters. The van der Waals surface area contributed by atoms with Crippen LogP contribution in [0.1, 0.15) is 39.5 Å². The molecule has 6 atom stereocenters. The van der Waals surface area contributed by atoms with Gasteiger partial charge in [0.1, 0.15) is 0 Å². The number of hydrogen-bond donors (Lipinski definition) is 0. The summed E-state index contributed by atoms with van der Waals surface area (Å²) in [6, 6.07) is 0. The summed E-state index contributed by atoms with van der Waals surface area (Å²) in [7, 11) is 0. The first-order valence-electron chi connectivity index (χ1n) is 9.45. The second kappa shape index (κ2) is 6.36. The van der Waals surface area contributed by atoms with Crippen molar-refractivity contribution in [2.45, 2.75) is 75.6 Å². The van der Waals surface area contributed by atoms with Crippen LogP contribution in [-0.2, 0) is 0 Å². The molecule has 4 bridgehead atoms. The van der Waals surface area contributed by atoms with Gasteiger partial charge in [-0.05, 0) is 47.8 Å². The van der Waals surface area contributed by atoms with Crippen LogP contribution in [0.5, 0.6) is 0 Å². The highest BCUT2D eigenvalue weighted by Gasteiger charge is 2.81. The van der Waals surface area contributed by atoms with Crippen LogP contribution in [0.4, 0.5) is 52.7 Å². The largest absolute Gasteiger partial charge is 0.372 e. The number of alkyl halides is 12. The van der Waals surface area contributed by atoms with Crippen LogP contribution in [0.3, 0.4) is 0 Å². The van der Waals surface area contributed by atoms with Gasteiger partial charge >= 0.3 is 36.0 Å². The Bertz CT molecular complexity index is 683. The van der Waals surface area contributed by atoms with E-state index in [1.54, 1.807) is 6.92 Å². The lowest BCUT2D eigenvalue weighted by molar-refractivity contribution is -0.345. The quantitative estimate of drug-likeness (QED) is 0.319. The smallest absolute Gasteiger partial charge is 0.203 e. The number of hydrogen-bond acceptors (Lipinski definition) is 0. The predicted molar refractivity (Wildman–Crippen MR) is 80.4 cm³/mol. The Hall–Kier alpha value is -0.840. The van der Waals surface area contributed by atoms with E-state index >= 15 is 0 Å². The third-order valence-corrected chi connectivity index (χ3v) is 7.89. The predicted octanol–water partition coefficient (Wildman–Crippen LogP) is 7.14. The molecule has 4 aliphatic carbocycles. The molecule has 0 aliphatic heterocycles. The molecule has 0 aromatic carbocycles. The van der Waals surface area contributed by atoms with Gasteiger partial charge < -0.3 is 0 Å². The SMILES string of the molecule is CC1C2CC3C1C3(CCC(F)(F)C(F)(F)C(F)(F)CC(F)(F)C(F)(F)C(F)F)C2C. The Balaban J connectivity index is 1.74. The molecule has 12 heteroatoms. The van der Waals surface area contributed by atoms with E-state index in [0.29, 0.717) is 0 Å². The summed E-state index contributed by atoms with van der Waals surface area (Å²) in [6.07, 6.45) is -10.6. The lowest BCUT2D eigenvalue weighted by Crippen LogP contribution is -2.59. The highest BCUT2D eigenvalue weighted by Crippen LogP contribution is 2.85. The molecule has 0 radical (unpaired) electrons. The van der Waals surface area contributed by atoms with E-state index in [9.17, 15) is 52.7 Å². The minimum atomic E-state index is -6.43. The molecule has 4 aliphatic rings. The Labute approximate surface area is 164 Å². The van der Waals surface area contributed by atoms with Gasteiger partial charge in [0.2, 0.25) is 0 Å². The Morgan fingerprint density at radius 1 is 0.833 bits per heavy atom. The monoisotopic (exact) mass is 464 g/mol. The molecule has 0 aromatic heterocycles. The van der Waals surface area contributed by atoms with Crippen LogP contribution in [0, 0.1) is 35.0 Å². The maximum atomic E-state index is 14.1. The summed E-state index contributed by atoms with van der Waals surface area (Å²) in [6.45, 7) is 3.67. The number of halogens is 12. The van der Waals surface area contributed by atoms with Crippen molar-refractivity contribution in [3.8, 4) is 0 Å². The van der Waals surface area contributed by atoms with Crippen molar-refractivity contribution in [3.05, 3.63) is 0 Å². The van der Waals surface area contributed by atoms with Crippen LogP contribution in [-0.4, -0.2) is 36.0 Å². The van der Waals surface area contributed by atoms with Crippen molar-refractivity contribution in [2.75, 3.05) is 0 Å². The second-order valence-corrected chi connectivity index (χ2v) is 9.08. The fraction of sp³-hybridized carbons (Fsp3) is 1.00. The van der Waals surface area contributed by atoms with Crippen LogP contribution in [0.2, 0.25) is 0 Å². The lowest BCUT2D eigenvalue weighted by Gasteiger charge is -2.36. The average molecular weight is 464 g/mol. The van der Waals surface area contributed by atoms with Gasteiger partial charge in [0.25, 0.3) is 0 Å². The zero-order valence-corrected chi connectivity index (χ0v) is 15.8. The molecular weight excluding hydrogens is 444 g/mol. The molecule has 0 nitrogen and oxygen atoms in total. The zero-order valence-electron chi connectivity index (χ0n) is 15.8. The Morgan fingerprint density at radius 3 is 1.73 bits per heavy atom. The lowest BCUT2D eigenvalue weighted by atomic mass is 9.84. The fourth-order valence-electron chi connectivity index (χ4n) is 6.31. The van der Waals surface area contributed by atoms with Gasteiger partial charge in [-0.15, -0.1) is 0 Å². The maximum Gasteiger partial charge on any atom is 0.372 e. The average Bonchev–Trinajstić information content (AvgIpc) is 2.83. The second-order valence-electron chi connectivity index (χ2n) is 9.08. The van der Waals surface area contributed by atoms with E-state index in [-0.39, 0.29) is 29.6 Å². The van der Waals surface area contributed by atoms with Crippen molar-refractivity contribution in [2.24, 2.45) is 35.0 Å². The van der Waals surface area contributed by atoms with E-state index in [4.69, 9.17) is 0 Å². The molecule has 4 saturated carbocycles. The molecular formula is C18H20F12. The van der Waals surface area contributed by atoms with Crippen LogP contribution >= 0.6 is 0 Å². The minimum absolute atomic E-state index is 0.0106.